The summed E-state index contributed by atoms with van der Waals surface area (Å²) in [6.45, 7) is 2.35. The van der Waals surface area contributed by atoms with Crippen LogP contribution in [0.2, 0.25) is 0 Å². The van der Waals surface area contributed by atoms with E-state index in [4.69, 9.17) is 4.74 Å². The minimum atomic E-state index is -0.540. The molecule has 0 atom stereocenters. The SMILES string of the molecule is Cc1ccc(Br)c(C(=O)NNC(=O)CCCNC(=O)OCc2ccccc2)c1. The summed E-state index contributed by atoms with van der Waals surface area (Å²) in [4.78, 5) is 35.5. The second kappa shape index (κ2) is 11.1. The zero-order valence-corrected chi connectivity index (χ0v) is 17.0. The monoisotopic (exact) mass is 447 g/mol. The molecule has 0 saturated heterocycles. The number of hydrogen-bond acceptors (Lipinski definition) is 4. The van der Waals surface area contributed by atoms with Crippen LogP contribution in [-0.4, -0.2) is 24.5 Å². The third kappa shape index (κ3) is 7.40. The third-order valence-corrected chi connectivity index (χ3v) is 4.44. The van der Waals surface area contributed by atoms with Crippen LogP contribution in [0.5, 0.6) is 0 Å². The van der Waals surface area contributed by atoms with Gasteiger partial charge in [0.1, 0.15) is 6.61 Å². The average Bonchev–Trinajstić information content (AvgIpc) is 2.70. The van der Waals surface area contributed by atoms with Gasteiger partial charge in [0.05, 0.1) is 5.56 Å². The fourth-order valence-electron chi connectivity index (χ4n) is 2.28. The Balaban J connectivity index is 1.60. The average molecular weight is 448 g/mol. The minimum absolute atomic E-state index is 0.147. The van der Waals surface area contributed by atoms with Gasteiger partial charge in [-0.05, 0) is 47.0 Å². The molecular weight excluding hydrogens is 426 g/mol. The molecule has 2 rings (SSSR count). The molecule has 0 spiro atoms. The molecule has 148 valence electrons. The molecule has 0 radical (unpaired) electrons. The van der Waals surface area contributed by atoms with Gasteiger partial charge in [-0.25, -0.2) is 4.79 Å². The molecule has 7 nitrogen and oxygen atoms in total. The number of carbonyl (C=O) groups excluding carboxylic acids is 3. The Morgan fingerprint density at radius 2 is 1.79 bits per heavy atom. The van der Waals surface area contributed by atoms with E-state index in [-0.39, 0.29) is 18.9 Å². The highest BCUT2D eigenvalue weighted by atomic mass is 79.9. The third-order valence-electron chi connectivity index (χ3n) is 3.74. The highest BCUT2D eigenvalue weighted by Crippen LogP contribution is 2.17. The fraction of sp³-hybridized carbons (Fsp3) is 0.250. The number of hydrogen-bond donors (Lipinski definition) is 3. The van der Waals surface area contributed by atoms with Gasteiger partial charge in [-0.1, -0.05) is 42.0 Å². The molecule has 2 aromatic carbocycles. The topological polar surface area (TPSA) is 96.5 Å². The van der Waals surface area contributed by atoms with E-state index < -0.39 is 12.0 Å². The molecular formula is C20H22BrN3O4. The molecule has 0 unspecified atom stereocenters. The van der Waals surface area contributed by atoms with Crippen LogP contribution >= 0.6 is 15.9 Å². The summed E-state index contributed by atoms with van der Waals surface area (Å²) in [6.07, 6.45) is 0.0201. The number of alkyl carbamates (subject to hydrolysis) is 1. The number of amides is 3. The summed E-state index contributed by atoms with van der Waals surface area (Å²) in [7, 11) is 0. The molecule has 0 fully saturated rings. The van der Waals surface area contributed by atoms with Gasteiger partial charge in [0.2, 0.25) is 5.91 Å². The first-order valence-electron chi connectivity index (χ1n) is 8.75. The van der Waals surface area contributed by atoms with Crippen molar-refractivity contribution in [2.75, 3.05) is 6.54 Å². The van der Waals surface area contributed by atoms with Crippen molar-refractivity contribution in [1.82, 2.24) is 16.2 Å². The standard InChI is InChI=1S/C20H22BrN3O4/c1-14-9-10-17(21)16(12-14)19(26)24-23-18(25)8-5-11-22-20(27)28-13-15-6-3-2-4-7-15/h2-4,6-7,9-10,12H,5,8,11,13H2,1H3,(H,22,27)(H,23,25)(H,24,26). The first-order valence-corrected chi connectivity index (χ1v) is 9.55. The lowest BCUT2D eigenvalue weighted by atomic mass is 10.1. The maximum Gasteiger partial charge on any atom is 0.407 e. The van der Waals surface area contributed by atoms with E-state index in [1.165, 1.54) is 0 Å². The predicted octanol–water partition coefficient (Wildman–Crippen LogP) is 3.23. The van der Waals surface area contributed by atoms with E-state index in [1.807, 2.05) is 43.3 Å². The number of carbonyl (C=O) groups is 3. The molecule has 8 heteroatoms. The highest BCUT2D eigenvalue weighted by molar-refractivity contribution is 9.10. The van der Waals surface area contributed by atoms with Crippen molar-refractivity contribution in [1.29, 1.82) is 0 Å². The molecule has 2 aromatic rings. The Bertz CT molecular complexity index is 827. The van der Waals surface area contributed by atoms with Crippen molar-refractivity contribution in [2.24, 2.45) is 0 Å². The molecule has 0 aliphatic heterocycles. The molecule has 28 heavy (non-hydrogen) atoms. The van der Waals surface area contributed by atoms with Crippen LogP contribution < -0.4 is 16.2 Å². The molecule has 3 amide bonds. The highest BCUT2D eigenvalue weighted by Gasteiger charge is 2.11. The van der Waals surface area contributed by atoms with Gasteiger partial charge in [-0.3, -0.25) is 20.4 Å². The normalized spacial score (nSPS) is 10.1. The Morgan fingerprint density at radius 1 is 1.04 bits per heavy atom. The van der Waals surface area contributed by atoms with Crippen LogP contribution in [0.4, 0.5) is 4.79 Å². The van der Waals surface area contributed by atoms with E-state index in [2.05, 4.69) is 32.1 Å². The molecule has 0 aliphatic rings. The van der Waals surface area contributed by atoms with Crippen molar-refractivity contribution >= 4 is 33.8 Å². The summed E-state index contributed by atoms with van der Waals surface area (Å²) in [5.74, 6) is -0.761. The zero-order valence-electron chi connectivity index (χ0n) is 15.5. The second-order valence-corrected chi connectivity index (χ2v) is 6.93. The number of halogens is 1. The predicted molar refractivity (Wildman–Crippen MR) is 108 cm³/mol. The van der Waals surface area contributed by atoms with Crippen molar-refractivity contribution < 1.29 is 19.1 Å². The summed E-state index contributed by atoms with van der Waals surface area (Å²) < 4.78 is 5.71. The summed E-state index contributed by atoms with van der Waals surface area (Å²) in [5, 5.41) is 2.58. The maximum atomic E-state index is 12.1. The van der Waals surface area contributed by atoms with Gasteiger partial charge in [-0.2, -0.15) is 0 Å². The molecule has 0 saturated carbocycles. The molecule has 0 aliphatic carbocycles. The van der Waals surface area contributed by atoms with Crippen molar-refractivity contribution in [2.45, 2.75) is 26.4 Å². The summed E-state index contributed by atoms with van der Waals surface area (Å²) in [5.41, 5.74) is 7.00. The maximum absolute atomic E-state index is 12.1. The first kappa shape index (κ1) is 21.4. The Kier molecular flexibility index (Phi) is 8.48. The Hall–Kier alpha value is -2.87. The smallest absolute Gasteiger partial charge is 0.407 e. The molecule has 0 bridgehead atoms. The van der Waals surface area contributed by atoms with E-state index in [0.717, 1.165) is 11.1 Å². The van der Waals surface area contributed by atoms with Crippen LogP contribution in [0, 0.1) is 6.92 Å². The number of nitrogens with one attached hydrogen (secondary N) is 3. The van der Waals surface area contributed by atoms with Crippen LogP contribution in [0.25, 0.3) is 0 Å². The number of hydrazine groups is 1. The second-order valence-electron chi connectivity index (χ2n) is 6.08. The van der Waals surface area contributed by atoms with Crippen molar-refractivity contribution in [3.05, 3.63) is 69.7 Å². The van der Waals surface area contributed by atoms with Gasteiger partial charge < -0.3 is 10.1 Å². The minimum Gasteiger partial charge on any atom is -0.445 e. The van der Waals surface area contributed by atoms with E-state index in [1.54, 1.807) is 12.1 Å². The Morgan fingerprint density at radius 3 is 2.54 bits per heavy atom. The molecule has 3 N–H and O–H groups in total. The largest absolute Gasteiger partial charge is 0.445 e. The zero-order chi connectivity index (χ0) is 20.4. The lowest BCUT2D eigenvalue weighted by molar-refractivity contribution is -0.121. The Labute approximate surface area is 171 Å². The van der Waals surface area contributed by atoms with E-state index >= 15 is 0 Å². The van der Waals surface area contributed by atoms with Crippen LogP contribution in [0.3, 0.4) is 0 Å². The van der Waals surface area contributed by atoms with Crippen molar-refractivity contribution in [3.63, 3.8) is 0 Å². The van der Waals surface area contributed by atoms with Gasteiger partial charge in [-0.15, -0.1) is 0 Å². The number of ether oxygens (including phenoxy) is 1. The van der Waals surface area contributed by atoms with Crippen LogP contribution in [0.1, 0.15) is 34.3 Å². The summed E-state index contributed by atoms with van der Waals surface area (Å²) in [6, 6.07) is 14.7. The molecule has 0 heterocycles. The number of rotatable bonds is 7. The van der Waals surface area contributed by atoms with E-state index in [9.17, 15) is 14.4 Å². The van der Waals surface area contributed by atoms with Gasteiger partial charge in [0, 0.05) is 17.4 Å². The fourth-order valence-corrected chi connectivity index (χ4v) is 2.71. The van der Waals surface area contributed by atoms with E-state index in [0.29, 0.717) is 23.0 Å². The molecule has 0 aromatic heterocycles. The van der Waals surface area contributed by atoms with Crippen LogP contribution in [0.15, 0.2) is 53.0 Å². The number of benzene rings is 2. The first-order chi connectivity index (χ1) is 13.5. The van der Waals surface area contributed by atoms with Gasteiger partial charge in [0.25, 0.3) is 5.91 Å². The summed E-state index contributed by atoms with van der Waals surface area (Å²) >= 11 is 3.30. The lowest BCUT2D eigenvalue weighted by Gasteiger charge is -2.10. The quantitative estimate of drug-likeness (QED) is 0.448. The van der Waals surface area contributed by atoms with Crippen LogP contribution in [-0.2, 0) is 16.1 Å². The lowest BCUT2D eigenvalue weighted by Crippen LogP contribution is -2.42. The van der Waals surface area contributed by atoms with Crippen molar-refractivity contribution in [3.8, 4) is 0 Å². The van der Waals surface area contributed by atoms with Gasteiger partial charge >= 0.3 is 6.09 Å². The number of aryl methyl sites for hydroxylation is 1. The van der Waals surface area contributed by atoms with Gasteiger partial charge in [0.15, 0.2) is 0 Å².